The number of rotatable bonds is 6. The van der Waals surface area contributed by atoms with Crippen molar-refractivity contribution in [1.29, 1.82) is 0 Å². The van der Waals surface area contributed by atoms with Crippen molar-refractivity contribution in [2.24, 2.45) is 0 Å². The number of nitrogens with zero attached hydrogens (tertiary/aromatic N) is 5. The van der Waals surface area contributed by atoms with Crippen molar-refractivity contribution in [1.82, 2.24) is 24.4 Å². The third-order valence-electron chi connectivity index (χ3n) is 6.42. The van der Waals surface area contributed by atoms with Crippen LogP contribution in [0.4, 0.5) is 4.39 Å². The highest BCUT2D eigenvalue weighted by Gasteiger charge is 2.16. The molecule has 3 aromatic carbocycles. The molecular formula is C30H22FN5O3S. The van der Waals surface area contributed by atoms with Crippen LogP contribution in [0, 0.1) is 12.7 Å². The number of aromatic nitrogens is 5. The van der Waals surface area contributed by atoms with E-state index >= 15 is 0 Å². The molecule has 198 valence electrons. The van der Waals surface area contributed by atoms with E-state index in [0.29, 0.717) is 21.4 Å². The van der Waals surface area contributed by atoms with Gasteiger partial charge in [0.1, 0.15) is 11.4 Å². The largest absolute Gasteiger partial charge is 0.494 e. The molecule has 10 heteroatoms. The minimum Gasteiger partial charge on any atom is -0.494 e. The molecule has 0 spiro atoms. The highest BCUT2D eigenvalue weighted by atomic mass is 32.1. The molecule has 0 radical (unpaired) electrons. The molecule has 6 aromatic rings. The third-order valence-corrected chi connectivity index (χ3v) is 7.38. The highest BCUT2D eigenvalue weighted by molar-refractivity contribution is 7.15. The van der Waals surface area contributed by atoms with Crippen molar-refractivity contribution in [3.05, 3.63) is 132 Å². The maximum Gasteiger partial charge on any atom is 0.296 e. The fraction of sp³-hybridized carbons (Fsp3) is 0.100. The summed E-state index contributed by atoms with van der Waals surface area (Å²) >= 11 is 1.06. The number of ether oxygens (including phenoxy) is 1. The number of thiazole rings is 1. The zero-order chi connectivity index (χ0) is 27.8. The first kappa shape index (κ1) is 25.3. The van der Waals surface area contributed by atoms with Crippen LogP contribution in [0.2, 0.25) is 0 Å². The van der Waals surface area contributed by atoms with E-state index in [1.807, 2.05) is 61.5 Å². The van der Waals surface area contributed by atoms with Crippen LogP contribution in [0.15, 0.2) is 88.6 Å². The van der Waals surface area contributed by atoms with Crippen LogP contribution in [-0.4, -0.2) is 31.5 Å². The Morgan fingerprint density at radius 1 is 1.00 bits per heavy atom. The molecule has 0 aliphatic carbocycles. The second kappa shape index (κ2) is 10.3. The third kappa shape index (κ3) is 4.80. The molecule has 6 rings (SSSR count). The van der Waals surface area contributed by atoms with Gasteiger partial charge in [0.05, 0.1) is 17.3 Å². The summed E-state index contributed by atoms with van der Waals surface area (Å²) in [4.78, 5) is 30.4. The van der Waals surface area contributed by atoms with Crippen molar-refractivity contribution < 1.29 is 9.13 Å². The van der Waals surface area contributed by atoms with Gasteiger partial charge in [0.25, 0.3) is 11.1 Å². The van der Waals surface area contributed by atoms with Gasteiger partial charge < -0.3 is 4.74 Å². The number of hydrogen-bond donors (Lipinski definition) is 0. The predicted octanol–water partition coefficient (Wildman–Crippen LogP) is 3.96. The van der Waals surface area contributed by atoms with Crippen molar-refractivity contribution in [3.63, 3.8) is 0 Å². The van der Waals surface area contributed by atoms with Crippen LogP contribution >= 0.6 is 11.3 Å². The van der Waals surface area contributed by atoms with E-state index in [1.165, 1.54) is 19.2 Å². The molecule has 0 saturated carbocycles. The van der Waals surface area contributed by atoms with Gasteiger partial charge in [0, 0.05) is 23.7 Å². The lowest BCUT2D eigenvalue weighted by Gasteiger charge is -2.04. The number of hydrogen-bond acceptors (Lipinski definition) is 7. The van der Waals surface area contributed by atoms with E-state index in [0.717, 1.165) is 32.7 Å². The van der Waals surface area contributed by atoms with Gasteiger partial charge in [-0.1, -0.05) is 59.4 Å². The second-order valence-corrected chi connectivity index (χ2v) is 10.2. The molecular weight excluding hydrogens is 529 g/mol. The van der Waals surface area contributed by atoms with Crippen molar-refractivity contribution >= 4 is 22.4 Å². The summed E-state index contributed by atoms with van der Waals surface area (Å²) in [7, 11) is 1.40. The van der Waals surface area contributed by atoms with Crippen LogP contribution in [0.3, 0.4) is 0 Å². The van der Waals surface area contributed by atoms with Crippen LogP contribution in [0.1, 0.15) is 22.4 Å². The minimum absolute atomic E-state index is 0.117. The lowest BCUT2D eigenvalue weighted by atomic mass is 10.1. The summed E-state index contributed by atoms with van der Waals surface area (Å²) in [5.74, 6) is -0.411. The SMILES string of the molecule is COc1ccc(-c2nn(-c3ccccc3)cc2C=c2sc3nc(=O)c(Cc4ccc(C)cc4)nn3c2=O)cc1F. The highest BCUT2D eigenvalue weighted by Crippen LogP contribution is 2.28. The molecule has 40 heavy (non-hydrogen) atoms. The van der Waals surface area contributed by atoms with Gasteiger partial charge in [0.15, 0.2) is 11.6 Å². The van der Waals surface area contributed by atoms with Gasteiger partial charge >= 0.3 is 0 Å². The zero-order valence-corrected chi connectivity index (χ0v) is 22.4. The Morgan fingerprint density at radius 3 is 2.50 bits per heavy atom. The molecule has 0 aliphatic rings. The maximum atomic E-state index is 14.6. The average molecular weight is 552 g/mol. The molecule has 0 unspecified atom stereocenters. The monoisotopic (exact) mass is 551 g/mol. The molecule has 8 nitrogen and oxygen atoms in total. The van der Waals surface area contributed by atoms with Gasteiger partial charge in [-0.15, -0.1) is 0 Å². The molecule has 3 aromatic heterocycles. The van der Waals surface area contributed by atoms with Gasteiger partial charge in [-0.05, 0) is 48.9 Å². The molecule has 0 saturated heterocycles. The molecule has 0 bridgehead atoms. The molecule has 3 heterocycles. The molecule has 0 fully saturated rings. The Hall–Kier alpha value is -4.96. The minimum atomic E-state index is -0.528. The Bertz CT molecular complexity index is 2030. The summed E-state index contributed by atoms with van der Waals surface area (Å²) in [6.45, 7) is 1.98. The summed E-state index contributed by atoms with van der Waals surface area (Å²) < 4.78 is 22.8. The number of benzene rings is 3. The summed E-state index contributed by atoms with van der Waals surface area (Å²) in [5, 5.41) is 9.05. The summed E-state index contributed by atoms with van der Waals surface area (Å²) in [6, 6.07) is 21.8. The normalized spacial score (nSPS) is 11.8. The fourth-order valence-electron chi connectivity index (χ4n) is 4.34. The van der Waals surface area contributed by atoms with Crippen LogP contribution in [-0.2, 0) is 6.42 Å². The second-order valence-electron chi connectivity index (χ2n) is 9.20. The van der Waals surface area contributed by atoms with Crippen molar-refractivity contribution in [2.45, 2.75) is 13.3 Å². The van der Waals surface area contributed by atoms with E-state index in [1.54, 1.807) is 23.0 Å². The molecule has 0 amide bonds. The number of halogens is 1. The van der Waals surface area contributed by atoms with Gasteiger partial charge in [-0.2, -0.15) is 19.7 Å². The Balaban J connectivity index is 1.48. The lowest BCUT2D eigenvalue weighted by Crippen LogP contribution is -2.28. The standard InChI is InChI=1S/C30H22FN5O3S/c1-18-8-10-19(11-9-18)14-24-28(37)32-30-36(33-24)29(38)26(40-30)16-21-17-35(22-6-4-3-5-7-22)34-27(21)20-12-13-25(39-2)23(31)15-20/h3-13,15-17H,14H2,1-2H3. The molecule has 0 N–H and O–H groups in total. The first-order chi connectivity index (χ1) is 19.4. The van der Waals surface area contributed by atoms with E-state index in [9.17, 15) is 14.0 Å². The van der Waals surface area contributed by atoms with E-state index in [-0.39, 0.29) is 22.8 Å². The van der Waals surface area contributed by atoms with Crippen molar-refractivity contribution in [2.75, 3.05) is 7.11 Å². The fourth-order valence-corrected chi connectivity index (χ4v) is 5.23. The Labute approximate surface area is 231 Å². The first-order valence-corrected chi connectivity index (χ1v) is 13.2. The summed E-state index contributed by atoms with van der Waals surface area (Å²) in [5.41, 5.74) is 3.68. The average Bonchev–Trinajstić information content (AvgIpc) is 3.51. The first-order valence-electron chi connectivity index (χ1n) is 12.4. The number of methoxy groups -OCH3 is 1. The maximum absolute atomic E-state index is 14.6. The number of fused-ring (bicyclic) bond motifs is 1. The number of aryl methyl sites for hydroxylation is 1. The lowest BCUT2D eigenvalue weighted by molar-refractivity contribution is 0.386. The van der Waals surface area contributed by atoms with Crippen molar-refractivity contribution in [3.8, 4) is 22.7 Å². The van der Waals surface area contributed by atoms with Gasteiger partial charge in [0.2, 0.25) is 4.96 Å². The van der Waals surface area contributed by atoms with E-state index in [2.05, 4.69) is 10.1 Å². The molecule has 0 aliphatic heterocycles. The van der Waals surface area contributed by atoms with E-state index < -0.39 is 16.9 Å². The Morgan fingerprint density at radius 2 is 1.77 bits per heavy atom. The zero-order valence-electron chi connectivity index (χ0n) is 21.5. The summed E-state index contributed by atoms with van der Waals surface area (Å²) in [6.07, 6.45) is 3.70. The van der Waals surface area contributed by atoms with Crippen LogP contribution in [0.5, 0.6) is 5.75 Å². The van der Waals surface area contributed by atoms with E-state index in [4.69, 9.17) is 9.84 Å². The van der Waals surface area contributed by atoms with Gasteiger partial charge in [-0.25, -0.2) is 9.07 Å². The quantitative estimate of drug-likeness (QED) is 0.311. The predicted molar refractivity (Wildman–Crippen MR) is 152 cm³/mol. The molecule has 0 atom stereocenters. The number of para-hydroxylation sites is 1. The Kier molecular flexibility index (Phi) is 6.53. The topological polar surface area (TPSA) is 91.4 Å². The van der Waals surface area contributed by atoms with Crippen LogP contribution in [0.25, 0.3) is 28.0 Å². The van der Waals surface area contributed by atoms with Crippen LogP contribution < -0.4 is 20.4 Å². The van der Waals surface area contributed by atoms with Gasteiger partial charge in [-0.3, -0.25) is 9.59 Å². The smallest absolute Gasteiger partial charge is 0.296 e.